The first-order valence-corrected chi connectivity index (χ1v) is 9.18. The van der Waals surface area contributed by atoms with Gasteiger partial charge in [0.25, 0.3) is 5.91 Å². The van der Waals surface area contributed by atoms with Crippen molar-refractivity contribution in [3.63, 3.8) is 0 Å². The summed E-state index contributed by atoms with van der Waals surface area (Å²) in [5.41, 5.74) is 1.36. The lowest BCUT2D eigenvalue weighted by atomic mass is 9.94. The second-order valence-corrected chi connectivity index (χ2v) is 7.36. The highest BCUT2D eigenvalue weighted by Gasteiger charge is 2.45. The monoisotopic (exact) mass is 367 g/mol. The number of rotatable bonds is 7. The van der Waals surface area contributed by atoms with E-state index in [-0.39, 0.29) is 24.5 Å². The Morgan fingerprint density at radius 1 is 1.26 bits per heavy atom. The highest BCUT2D eigenvalue weighted by molar-refractivity contribution is 6.00. The van der Waals surface area contributed by atoms with Gasteiger partial charge < -0.3 is 15.2 Å². The van der Waals surface area contributed by atoms with E-state index in [4.69, 9.17) is 4.74 Å². The molecule has 1 aromatic carbocycles. The second kappa shape index (κ2) is 7.43. The van der Waals surface area contributed by atoms with Crippen LogP contribution in [0.3, 0.4) is 0 Å². The van der Waals surface area contributed by atoms with Gasteiger partial charge in [-0.1, -0.05) is 43.5 Å². The van der Waals surface area contributed by atoms with Gasteiger partial charge in [-0.3, -0.25) is 4.79 Å². The quantitative estimate of drug-likeness (QED) is 0.440. The fraction of sp³-hybridized carbons (Fsp3) is 0.364. The number of amides is 1. The molecule has 3 rings (SSSR count). The lowest BCUT2D eigenvalue weighted by molar-refractivity contribution is -0.146. The summed E-state index contributed by atoms with van der Waals surface area (Å²) >= 11 is 0. The molecule has 1 fully saturated rings. The Morgan fingerprint density at radius 3 is 2.26 bits per heavy atom. The Labute approximate surface area is 159 Å². The minimum absolute atomic E-state index is 0.0728. The van der Waals surface area contributed by atoms with Crippen LogP contribution in [-0.4, -0.2) is 28.6 Å². The molecule has 0 spiro atoms. The molecule has 5 heteroatoms. The molecule has 0 radical (unpaired) electrons. The molecule has 142 valence electrons. The van der Waals surface area contributed by atoms with Gasteiger partial charge in [-0.25, -0.2) is 4.79 Å². The maximum atomic E-state index is 13.0. The van der Waals surface area contributed by atoms with Crippen molar-refractivity contribution in [3.05, 3.63) is 71.5 Å². The molecule has 5 nitrogen and oxygen atoms in total. The number of benzene rings is 1. The SMILES string of the molecule is C=C/C(C(=O)NC1(C(=O)O)Cc2ccccc2C1)=C(/OC1CCC1)C(=C)C. The summed E-state index contributed by atoms with van der Waals surface area (Å²) in [6.07, 6.45) is 4.97. The standard InChI is InChI=1S/C22H25NO4/c1-4-18(19(14(2)3)27-17-10-7-11-17)20(24)23-22(21(25)26)12-15-8-5-6-9-16(15)13-22/h4-6,8-9,17H,1-2,7,10-13H2,3H3,(H,23,24)(H,25,26)/b19-18-. The highest BCUT2D eigenvalue weighted by Crippen LogP contribution is 2.32. The summed E-state index contributed by atoms with van der Waals surface area (Å²) < 4.78 is 5.94. The number of hydrogen-bond donors (Lipinski definition) is 2. The van der Waals surface area contributed by atoms with Crippen LogP contribution in [0.25, 0.3) is 0 Å². The number of carbonyl (C=O) groups is 2. The maximum Gasteiger partial charge on any atom is 0.330 e. The van der Waals surface area contributed by atoms with Gasteiger partial charge in [-0.2, -0.15) is 0 Å². The van der Waals surface area contributed by atoms with E-state index in [0.717, 1.165) is 30.4 Å². The van der Waals surface area contributed by atoms with E-state index in [2.05, 4.69) is 18.5 Å². The topological polar surface area (TPSA) is 75.6 Å². The first kappa shape index (κ1) is 19.0. The van der Waals surface area contributed by atoms with Crippen molar-refractivity contribution >= 4 is 11.9 Å². The Morgan fingerprint density at radius 2 is 1.85 bits per heavy atom. The van der Waals surface area contributed by atoms with Crippen LogP contribution in [0, 0.1) is 0 Å². The lowest BCUT2D eigenvalue weighted by Gasteiger charge is -2.30. The molecule has 2 aliphatic rings. The zero-order valence-electron chi connectivity index (χ0n) is 15.6. The predicted molar refractivity (Wildman–Crippen MR) is 103 cm³/mol. The summed E-state index contributed by atoms with van der Waals surface area (Å²) in [5, 5.41) is 12.6. The summed E-state index contributed by atoms with van der Waals surface area (Å²) in [6, 6.07) is 7.55. The van der Waals surface area contributed by atoms with Gasteiger partial charge >= 0.3 is 5.97 Å². The summed E-state index contributed by atoms with van der Waals surface area (Å²) in [4.78, 5) is 25.1. The van der Waals surface area contributed by atoms with Gasteiger partial charge in [-0.15, -0.1) is 0 Å². The van der Waals surface area contributed by atoms with Crippen LogP contribution in [0.1, 0.15) is 37.3 Å². The Balaban J connectivity index is 1.88. The number of carboxylic acid groups (broad SMARTS) is 1. The maximum absolute atomic E-state index is 13.0. The van der Waals surface area contributed by atoms with Crippen LogP contribution in [-0.2, 0) is 27.2 Å². The van der Waals surface area contributed by atoms with Crippen molar-refractivity contribution in [2.45, 2.75) is 50.7 Å². The van der Waals surface area contributed by atoms with Crippen LogP contribution in [0.15, 0.2) is 60.4 Å². The van der Waals surface area contributed by atoms with E-state index in [9.17, 15) is 14.7 Å². The number of allylic oxidation sites excluding steroid dienone is 1. The number of ether oxygens (including phenoxy) is 1. The van der Waals surface area contributed by atoms with Gasteiger partial charge in [0, 0.05) is 12.8 Å². The average Bonchev–Trinajstić information content (AvgIpc) is 2.95. The van der Waals surface area contributed by atoms with Crippen molar-refractivity contribution in [1.82, 2.24) is 5.32 Å². The number of hydrogen-bond acceptors (Lipinski definition) is 3. The van der Waals surface area contributed by atoms with Gasteiger partial charge in [0.05, 0.1) is 11.7 Å². The first-order chi connectivity index (χ1) is 12.9. The van der Waals surface area contributed by atoms with Crippen molar-refractivity contribution in [1.29, 1.82) is 0 Å². The van der Waals surface area contributed by atoms with E-state index < -0.39 is 17.4 Å². The van der Waals surface area contributed by atoms with Crippen LogP contribution < -0.4 is 5.32 Å². The predicted octanol–water partition coefficient (Wildman–Crippen LogP) is 3.31. The molecule has 0 unspecified atom stereocenters. The summed E-state index contributed by atoms with van der Waals surface area (Å²) in [5.74, 6) is -1.16. The minimum Gasteiger partial charge on any atom is -0.489 e. The molecule has 2 N–H and O–H groups in total. The lowest BCUT2D eigenvalue weighted by Crippen LogP contribution is -2.55. The molecule has 1 aromatic rings. The fourth-order valence-electron chi connectivity index (χ4n) is 3.53. The smallest absolute Gasteiger partial charge is 0.330 e. The van der Waals surface area contributed by atoms with Gasteiger partial charge in [0.1, 0.15) is 11.3 Å². The van der Waals surface area contributed by atoms with Crippen LogP contribution in [0.4, 0.5) is 0 Å². The zero-order chi connectivity index (χ0) is 19.6. The fourth-order valence-corrected chi connectivity index (χ4v) is 3.53. The number of aliphatic carboxylic acids is 1. The van der Waals surface area contributed by atoms with Gasteiger partial charge in [0.2, 0.25) is 0 Å². The normalized spacial score (nSPS) is 18.6. The molecule has 0 aliphatic heterocycles. The second-order valence-electron chi connectivity index (χ2n) is 7.36. The molecule has 1 amide bonds. The van der Waals surface area contributed by atoms with E-state index in [1.54, 1.807) is 6.92 Å². The number of nitrogens with one attached hydrogen (secondary N) is 1. The molecular formula is C22H25NO4. The summed E-state index contributed by atoms with van der Waals surface area (Å²) in [7, 11) is 0. The molecule has 2 aliphatic carbocycles. The van der Waals surface area contributed by atoms with Crippen molar-refractivity contribution in [2.75, 3.05) is 0 Å². The van der Waals surface area contributed by atoms with E-state index >= 15 is 0 Å². The van der Waals surface area contributed by atoms with Crippen LogP contribution in [0.2, 0.25) is 0 Å². The zero-order valence-corrected chi connectivity index (χ0v) is 15.6. The van der Waals surface area contributed by atoms with Crippen LogP contribution in [0.5, 0.6) is 0 Å². The number of carbonyl (C=O) groups excluding carboxylic acids is 1. The third-order valence-electron chi connectivity index (χ3n) is 5.28. The average molecular weight is 367 g/mol. The van der Waals surface area contributed by atoms with Crippen molar-refractivity contribution in [3.8, 4) is 0 Å². The first-order valence-electron chi connectivity index (χ1n) is 9.18. The van der Waals surface area contributed by atoms with Crippen molar-refractivity contribution < 1.29 is 19.4 Å². The molecule has 0 bridgehead atoms. The molecular weight excluding hydrogens is 342 g/mol. The minimum atomic E-state index is -1.37. The van der Waals surface area contributed by atoms with Crippen LogP contribution >= 0.6 is 0 Å². The third-order valence-corrected chi connectivity index (χ3v) is 5.28. The Bertz CT molecular complexity index is 807. The Kier molecular flexibility index (Phi) is 5.22. The van der Waals surface area contributed by atoms with E-state index in [1.807, 2.05) is 24.3 Å². The third kappa shape index (κ3) is 3.68. The molecule has 0 heterocycles. The largest absolute Gasteiger partial charge is 0.489 e. The van der Waals surface area contributed by atoms with E-state index in [0.29, 0.717) is 11.3 Å². The highest BCUT2D eigenvalue weighted by atomic mass is 16.5. The Hall–Kier alpha value is -2.82. The molecule has 1 saturated carbocycles. The van der Waals surface area contributed by atoms with Gasteiger partial charge in [0.15, 0.2) is 0 Å². The molecule has 0 aromatic heterocycles. The van der Waals surface area contributed by atoms with E-state index in [1.165, 1.54) is 6.08 Å². The molecule has 0 saturated heterocycles. The number of fused-ring (bicyclic) bond motifs is 1. The summed E-state index contributed by atoms with van der Waals surface area (Å²) in [6.45, 7) is 9.41. The molecule has 0 atom stereocenters. The van der Waals surface area contributed by atoms with Gasteiger partial charge in [-0.05, 0) is 42.9 Å². The molecule has 27 heavy (non-hydrogen) atoms. The number of carboxylic acids is 1. The van der Waals surface area contributed by atoms with Crippen molar-refractivity contribution in [2.24, 2.45) is 0 Å².